The second-order valence-electron chi connectivity index (χ2n) is 9.85. The third-order valence-corrected chi connectivity index (χ3v) is 8.04. The van der Waals surface area contributed by atoms with Gasteiger partial charge in [-0.15, -0.1) is 0 Å². The summed E-state index contributed by atoms with van der Waals surface area (Å²) in [6.45, 7) is 7.14. The van der Waals surface area contributed by atoms with Crippen LogP contribution in [0.1, 0.15) is 63.5 Å². The van der Waals surface area contributed by atoms with Crippen LogP contribution < -0.4 is 5.32 Å². The molecule has 0 amide bonds. The summed E-state index contributed by atoms with van der Waals surface area (Å²) in [6, 6.07) is 12.2. The number of rotatable bonds is 14. The molecule has 1 unspecified atom stereocenters. The molecule has 0 radical (unpaired) electrons. The molecule has 2 aromatic rings. The molecule has 0 saturated carbocycles. The van der Waals surface area contributed by atoms with Crippen molar-refractivity contribution in [2.75, 3.05) is 19.8 Å². The Hall–Kier alpha value is -4.03. The largest absolute Gasteiger partial charge is 0.463 e. The number of benzene rings is 2. The molecule has 0 aliphatic carbocycles. The van der Waals surface area contributed by atoms with E-state index in [-0.39, 0.29) is 41.5 Å². The van der Waals surface area contributed by atoms with Crippen molar-refractivity contribution in [3.05, 3.63) is 92.3 Å². The Morgan fingerprint density at radius 1 is 0.881 bits per heavy atom. The smallest absolute Gasteiger partial charge is 0.336 e. The minimum absolute atomic E-state index is 0.0426. The molecule has 0 aromatic heterocycles. The normalized spacial score (nSPS) is 15.3. The van der Waals surface area contributed by atoms with E-state index in [1.165, 1.54) is 30.3 Å². The topological polar surface area (TPSA) is 151 Å². The summed E-state index contributed by atoms with van der Waals surface area (Å²) >= 11 is 0. The van der Waals surface area contributed by atoms with Crippen molar-refractivity contribution in [1.82, 2.24) is 5.32 Å². The molecule has 2 aromatic carbocycles. The van der Waals surface area contributed by atoms with Crippen LogP contribution in [0.5, 0.6) is 0 Å². The van der Waals surface area contributed by atoms with Crippen LogP contribution in [0.3, 0.4) is 0 Å². The highest BCUT2D eigenvalue weighted by Crippen LogP contribution is 2.40. The van der Waals surface area contributed by atoms with E-state index in [4.69, 9.17) is 13.7 Å². The van der Waals surface area contributed by atoms with E-state index in [9.17, 15) is 28.1 Å². The zero-order valence-electron chi connectivity index (χ0n) is 24.2. The quantitative estimate of drug-likeness (QED) is 0.101. The lowest BCUT2D eigenvalue weighted by atomic mass is 9.80. The second-order valence-corrected chi connectivity index (χ2v) is 11.5. The predicted molar refractivity (Wildman–Crippen MR) is 155 cm³/mol. The number of esters is 2. The zero-order valence-corrected chi connectivity index (χ0v) is 25.0. The third kappa shape index (κ3) is 8.26. The number of non-ortho nitro benzene ring substituents is 1. The van der Waals surface area contributed by atoms with Gasteiger partial charge in [0.15, 0.2) is 0 Å². The number of ether oxygens (including phenoxy) is 2. The first-order chi connectivity index (χ1) is 20.0. The molecular formula is C30H36N2O9S. The first-order valence-corrected chi connectivity index (χ1v) is 15.1. The number of hydrogen-bond acceptors (Lipinski definition) is 10. The van der Waals surface area contributed by atoms with E-state index in [1.54, 1.807) is 39.0 Å². The van der Waals surface area contributed by atoms with Gasteiger partial charge < -0.3 is 14.8 Å². The van der Waals surface area contributed by atoms with Crippen LogP contribution in [-0.2, 0) is 33.4 Å². The monoisotopic (exact) mass is 600 g/mol. The van der Waals surface area contributed by atoms with Crippen LogP contribution in [0, 0.1) is 17.0 Å². The number of hydrogen-bond donors (Lipinski definition) is 1. The zero-order chi connectivity index (χ0) is 30.9. The number of carbonyl (C=O) groups excluding carboxylic acids is 2. The molecule has 0 saturated heterocycles. The summed E-state index contributed by atoms with van der Waals surface area (Å²) in [4.78, 5) is 37.3. The average Bonchev–Trinajstić information content (AvgIpc) is 2.94. The van der Waals surface area contributed by atoms with Gasteiger partial charge in [0.05, 0.1) is 46.7 Å². The Morgan fingerprint density at radius 3 is 2.07 bits per heavy atom. The number of unbranched alkanes of at least 4 members (excludes halogenated alkanes) is 3. The number of carbonyl (C=O) groups is 2. The fraction of sp³-hybridized carbons (Fsp3) is 0.400. The Balaban J connectivity index is 1.60. The number of dihydropyridines is 1. The van der Waals surface area contributed by atoms with Gasteiger partial charge >= 0.3 is 11.9 Å². The first kappa shape index (κ1) is 32.5. The number of aryl methyl sites for hydroxylation is 1. The molecule has 0 spiro atoms. The van der Waals surface area contributed by atoms with E-state index in [1.807, 2.05) is 6.92 Å². The highest BCUT2D eigenvalue weighted by atomic mass is 32.2. The van der Waals surface area contributed by atoms with Crippen molar-refractivity contribution < 1.29 is 36.6 Å². The lowest BCUT2D eigenvalue weighted by molar-refractivity contribution is -0.384. The van der Waals surface area contributed by atoms with Crippen LogP contribution in [0.15, 0.2) is 76.0 Å². The maximum absolute atomic E-state index is 13.3. The molecule has 1 aliphatic rings. The Morgan fingerprint density at radius 2 is 1.48 bits per heavy atom. The molecule has 226 valence electrons. The molecule has 11 nitrogen and oxygen atoms in total. The fourth-order valence-corrected chi connectivity index (χ4v) is 5.58. The van der Waals surface area contributed by atoms with Crippen molar-refractivity contribution in [2.24, 2.45) is 0 Å². The molecule has 1 atom stereocenters. The molecule has 3 rings (SSSR count). The number of nitro groups is 1. The maximum Gasteiger partial charge on any atom is 0.336 e. The van der Waals surface area contributed by atoms with Gasteiger partial charge in [0, 0.05) is 23.5 Å². The van der Waals surface area contributed by atoms with Crippen LogP contribution in [-0.4, -0.2) is 45.1 Å². The lowest BCUT2D eigenvalue weighted by Crippen LogP contribution is -2.32. The molecule has 42 heavy (non-hydrogen) atoms. The van der Waals surface area contributed by atoms with Gasteiger partial charge in [0.25, 0.3) is 15.8 Å². The summed E-state index contributed by atoms with van der Waals surface area (Å²) in [5, 5.41) is 14.5. The highest BCUT2D eigenvalue weighted by Gasteiger charge is 2.38. The van der Waals surface area contributed by atoms with Gasteiger partial charge in [-0.25, -0.2) is 9.59 Å². The highest BCUT2D eigenvalue weighted by molar-refractivity contribution is 7.86. The van der Waals surface area contributed by atoms with Crippen LogP contribution in [0.2, 0.25) is 0 Å². The van der Waals surface area contributed by atoms with Crippen molar-refractivity contribution >= 4 is 27.7 Å². The first-order valence-electron chi connectivity index (χ1n) is 13.7. The van der Waals surface area contributed by atoms with Crippen molar-refractivity contribution in [1.29, 1.82) is 0 Å². The Labute approximate surface area is 245 Å². The van der Waals surface area contributed by atoms with Gasteiger partial charge in [-0.3, -0.25) is 14.3 Å². The average molecular weight is 601 g/mol. The molecule has 1 aliphatic heterocycles. The van der Waals surface area contributed by atoms with Gasteiger partial charge in [-0.05, 0) is 64.7 Å². The summed E-state index contributed by atoms with van der Waals surface area (Å²) in [5.41, 5.74) is 2.45. The van der Waals surface area contributed by atoms with Gasteiger partial charge in [-0.1, -0.05) is 36.2 Å². The molecule has 12 heteroatoms. The number of nitrogens with zero attached hydrogens (tertiary/aromatic N) is 1. The van der Waals surface area contributed by atoms with Gasteiger partial charge in [0.2, 0.25) is 0 Å². The lowest BCUT2D eigenvalue weighted by Gasteiger charge is -2.30. The molecular weight excluding hydrogens is 564 g/mol. The standard InChI is InChI=1S/C30H36N2O9S/c1-5-39-29(33)26-21(3)31-22(4)27(28(26)23-11-10-12-24(19-23)32(35)36)30(34)40-17-8-6-7-9-18-41-42(37,38)25-15-13-20(2)14-16-25/h10-16,19,28,31H,5-9,17-18H2,1-4H3. The summed E-state index contributed by atoms with van der Waals surface area (Å²) in [7, 11) is -3.81. The minimum Gasteiger partial charge on any atom is -0.463 e. The van der Waals surface area contributed by atoms with Crippen molar-refractivity contribution in [3.63, 3.8) is 0 Å². The summed E-state index contributed by atoms with van der Waals surface area (Å²) in [6.07, 6.45) is 2.36. The SMILES string of the molecule is CCOC(=O)C1=C(C)NC(C)=C(C(=O)OCCCCCCOS(=O)(=O)c2ccc(C)cc2)C1c1cccc([N+](=O)[O-])c1. The molecule has 1 heterocycles. The van der Waals surface area contributed by atoms with Crippen LogP contribution >= 0.6 is 0 Å². The predicted octanol–water partition coefficient (Wildman–Crippen LogP) is 5.21. The number of nitrogens with one attached hydrogen (secondary N) is 1. The summed E-state index contributed by atoms with van der Waals surface area (Å²) in [5.74, 6) is -2.22. The number of allylic oxidation sites excluding steroid dienone is 2. The Kier molecular flexibility index (Phi) is 11.4. The maximum atomic E-state index is 13.3. The Bertz CT molecular complexity index is 1480. The van der Waals surface area contributed by atoms with Gasteiger partial charge in [-0.2, -0.15) is 8.42 Å². The van der Waals surface area contributed by atoms with Crippen LogP contribution in [0.4, 0.5) is 5.69 Å². The van der Waals surface area contributed by atoms with E-state index in [0.717, 1.165) is 5.56 Å². The number of nitro benzene ring substituents is 1. The van der Waals surface area contributed by atoms with E-state index in [2.05, 4.69) is 5.32 Å². The minimum atomic E-state index is -3.81. The van der Waals surface area contributed by atoms with E-state index >= 15 is 0 Å². The molecule has 0 fully saturated rings. The fourth-order valence-electron chi connectivity index (χ4n) is 4.64. The van der Waals surface area contributed by atoms with Crippen molar-refractivity contribution in [3.8, 4) is 0 Å². The third-order valence-electron chi connectivity index (χ3n) is 6.71. The van der Waals surface area contributed by atoms with Crippen LogP contribution in [0.25, 0.3) is 0 Å². The molecule has 1 N–H and O–H groups in total. The van der Waals surface area contributed by atoms with Crippen molar-refractivity contribution in [2.45, 2.75) is 64.2 Å². The van der Waals surface area contributed by atoms with E-state index < -0.39 is 32.9 Å². The van der Waals surface area contributed by atoms with Gasteiger partial charge in [0.1, 0.15) is 0 Å². The summed E-state index contributed by atoms with van der Waals surface area (Å²) < 4.78 is 40.5. The second kappa shape index (κ2) is 14.7. The van der Waals surface area contributed by atoms with E-state index in [0.29, 0.717) is 42.6 Å². The molecule has 0 bridgehead atoms.